The maximum atomic E-state index is 11.8. The minimum absolute atomic E-state index is 0.245. The molecule has 0 aromatic heterocycles. The predicted molar refractivity (Wildman–Crippen MR) is 71.2 cm³/mol. The standard InChI is InChI=1S/C14H26N2O2/c1-14(2,3)18-13(17)16-11-7-9-5-4-6-10(8-11)12(9)15/h9-12H,4-8,15H2,1-3H3,(H,16,17)/t9-,10-,11?,12?/m0/s1. The number of hydrogen-bond donors (Lipinski definition) is 2. The van der Waals surface area contributed by atoms with Gasteiger partial charge in [0.25, 0.3) is 0 Å². The lowest BCUT2D eigenvalue weighted by Gasteiger charge is -2.44. The minimum atomic E-state index is -0.426. The molecule has 0 spiro atoms. The molecule has 0 unspecified atom stereocenters. The highest BCUT2D eigenvalue weighted by Crippen LogP contribution is 2.39. The second-order valence-corrected chi connectivity index (χ2v) is 6.84. The summed E-state index contributed by atoms with van der Waals surface area (Å²) in [4.78, 5) is 11.8. The summed E-state index contributed by atoms with van der Waals surface area (Å²) in [6.07, 6.45) is 5.45. The van der Waals surface area contributed by atoms with Gasteiger partial charge in [0.15, 0.2) is 0 Å². The molecule has 2 fully saturated rings. The average molecular weight is 254 g/mol. The Kier molecular flexibility index (Phi) is 3.85. The first kappa shape index (κ1) is 13.7. The van der Waals surface area contributed by atoms with E-state index in [9.17, 15) is 4.79 Å². The van der Waals surface area contributed by atoms with Crippen molar-refractivity contribution < 1.29 is 9.53 Å². The fourth-order valence-electron chi connectivity index (χ4n) is 3.38. The number of nitrogens with one attached hydrogen (secondary N) is 1. The zero-order valence-corrected chi connectivity index (χ0v) is 11.7. The van der Waals surface area contributed by atoms with Gasteiger partial charge in [-0.05, 0) is 58.3 Å². The first-order valence-electron chi connectivity index (χ1n) is 7.10. The van der Waals surface area contributed by atoms with Gasteiger partial charge in [0.2, 0.25) is 0 Å². The average Bonchev–Trinajstić information content (AvgIpc) is 2.16. The summed E-state index contributed by atoms with van der Waals surface area (Å²) < 4.78 is 5.31. The topological polar surface area (TPSA) is 64.3 Å². The first-order valence-corrected chi connectivity index (χ1v) is 7.10. The lowest BCUT2D eigenvalue weighted by Crippen LogP contribution is -2.52. The van der Waals surface area contributed by atoms with Crippen LogP contribution in [0.15, 0.2) is 0 Å². The van der Waals surface area contributed by atoms with Crippen LogP contribution in [-0.2, 0) is 4.74 Å². The predicted octanol–water partition coefficient (Wildman–Crippen LogP) is 2.42. The molecule has 2 aliphatic carbocycles. The summed E-state index contributed by atoms with van der Waals surface area (Å²) in [5.41, 5.74) is 5.81. The summed E-state index contributed by atoms with van der Waals surface area (Å²) in [5, 5.41) is 3.01. The van der Waals surface area contributed by atoms with Gasteiger partial charge in [0.05, 0.1) is 0 Å². The van der Waals surface area contributed by atoms with Crippen LogP contribution >= 0.6 is 0 Å². The zero-order valence-electron chi connectivity index (χ0n) is 11.7. The molecule has 0 aromatic rings. The minimum Gasteiger partial charge on any atom is -0.444 e. The number of hydrogen-bond acceptors (Lipinski definition) is 3. The number of ether oxygens (including phenoxy) is 1. The summed E-state index contributed by atoms with van der Waals surface area (Å²) in [7, 11) is 0. The fourth-order valence-corrected chi connectivity index (χ4v) is 3.38. The van der Waals surface area contributed by atoms with Crippen molar-refractivity contribution in [1.82, 2.24) is 5.32 Å². The Morgan fingerprint density at radius 2 is 1.78 bits per heavy atom. The van der Waals surface area contributed by atoms with Gasteiger partial charge in [-0.1, -0.05) is 6.42 Å². The zero-order chi connectivity index (χ0) is 13.3. The van der Waals surface area contributed by atoms with Gasteiger partial charge in [-0.15, -0.1) is 0 Å². The third-order valence-corrected chi connectivity index (χ3v) is 4.13. The maximum absolute atomic E-state index is 11.8. The molecule has 3 N–H and O–H groups in total. The number of nitrogens with two attached hydrogens (primary N) is 1. The van der Waals surface area contributed by atoms with Crippen molar-refractivity contribution in [3.05, 3.63) is 0 Å². The molecule has 0 radical (unpaired) electrons. The Balaban J connectivity index is 1.86. The second-order valence-electron chi connectivity index (χ2n) is 6.84. The molecule has 1 amide bonds. The number of carbonyl (C=O) groups is 1. The SMILES string of the molecule is CC(C)(C)OC(=O)NC1C[C@@H]2CCC[C@@H](C1)C2N. The molecule has 0 saturated heterocycles. The van der Waals surface area contributed by atoms with Gasteiger partial charge in [-0.2, -0.15) is 0 Å². The van der Waals surface area contributed by atoms with Crippen LogP contribution in [0.5, 0.6) is 0 Å². The van der Waals surface area contributed by atoms with Crippen LogP contribution < -0.4 is 11.1 Å². The number of carbonyl (C=O) groups excluding carboxylic acids is 1. The van der Waals surface area contributed by atoms with E-state index in [2.05, 4.69) is 5.32 Å². The van der Waals surface area contributed by atoms with Crippen molar-refractivity contribution in [1.29, 1.82) is 0 Å². The van der Waals surface area contributed by atoms with Gasteiger partial charge < -0.3 is 15.8 Å². The highest BCUT2D eigenvalue weighted by Gasteiger charge is 2.38. The molecule has 2 saturated carbocycles. The van der Waals surface area contributed by atoms with E-state index in [1.54, 1.807) is 0 Å². The number of alkyl carbamates (subject to hydrolysis) is 1. The lowest BCUT2D eigenvalue weighted by atomic mass is 9.67. The quantitative estimate of drug-likeness (QED) is 0.755. The van der Waals surface area contributed by atoms with Crippen LogP contribution in [0.2, 0.25) is 0 Å². The molecule has 4 nitrogen and oxygen atoms in total. The van der Waals surface area contributed by atoms with Crippen LogP contribution in [0.1, 0.15) is 52.9 Å². The van der Waals surface area contributed by atoms with Gasteiger partial charge >= 0.3 is 6.09 Å². The maximum Gasteiger partial charge on any atom is 0.407 e. The van der Waals surface area contributed by atoms with Crippen molar-refractivity contribution in [3.8, 4) is 0 Å². The third kappa shape index (κ3) is 3.37. The van der Waals surface area contributed by atoms with Crippen molar-refractivity contribution >= 4 is 6.09 Å². The Hall–Kier alpha value is -0.770. The monoisotopic (exact) mass is 254 g/mol. The highest BCUT2D eigenvalue weighted by molar-refractivity contribution is 5.68. The van der Waals surface area contributed by atoms with Gasteiger partial charge in [-0.3, -0.25) is 0 Å². The number of amides is 1. The van der Waals surface area contributed by atoms with E-state index >= 15 is 0 Å². The van der Waals surface area contributed by atoms with Crippen LogP contribution in [-0.4, -0.2) is 23.8 Å². The van der Waals surface area contributed by atoms with E-state index in [-0.39, 0.29) is 12.1 Å². The molecular weight excluding hydrogens is 228 g/mol. The van der Waals surface area contributed by atoms with Gasteiger partial charge in [0.1, 0.15) is 5.60 Å². The Morgan fingerprint density at radius 1 is 1.22 bits per heavy atom. The molecule has 0 heterocycles. The molecule has 18 heavy (non-hydrogen) atoms. The Morgan fingerprint density at radius 3 is 2.28 bits per heavy atom. The Labute approximate surface area is 110 Å². The van der Waals surface area contributed by atoms with Crippen molar-refractivity contribution in [2.75, 3.05) is 0 Å². The van der Waals surface area contributed by atoms with E-state index in [4.69, 9.17) is 10.5 Å². The first-order chi connectivity index (χ1) is 8.35. The van der Waals surface area contributed by atoms with Crippen molar-refractivity contribution in [2.24, 2.45) is 17.6 Å². The number of rotatable bonds is 1. The summed E-state index contributed by atoms with van der Waals surface area (Å²) in [6, 6.07) is 0.588. The van der Waals surface area contributed by atoms with Crippen LogP contribution in [0.25, 0.3) is 0 Å². The normalized spacial score (nSPS) is 36.0. The molecule has 2 aliphatic rings. The van der Waals surface area contributed by atoms with E-state index in [0.717, 1.165) is 12.8 Å². The molecule has 2 bridgehead atoms. The van der Waals surface area contributed by atoms with Crippen LogP contribution in [0.4, 0.5) is 4.79 Å². The molecule has 0 aliphatic heterocycles. The van der Waals surface area contributed by atoms with Crippen LogP contribution in [0.3, 0.4) is 0 Å². The highest BCUT2D eigenvalue weighted by atomic mass is 16.6. The lowest BCUT2D eigenvalue weighted by molar-refractivity contribution is 0.0436. The van der Waals surface area contributed by atoms with Gasteiger partial charge in [0, 0.05) is 12.1 Å². The fraction of sp³-hybridized carbons (Fsp3) is 0.929. The second kappa shape index (κ2) is 5.08. The summed E-state index contributed by atoms with van der Waals surface area (Å²) in [6.45, 7) is 5.66. The van der Waals surface area contributed by atoms with E-state index in [0.29, 0.717) is 17.9 Å². The molecule has 2 rings (SSSR count). The Bertz CT molecular complexity index is 297. The largest absolute Gasteiger partial charge is 0.444 e. The summed E-state index contributed by atoms with van der Waals surface area (Å²) >= 11 is 0. The molecule has 104 valence electrons. The molecule has 2 atom stereocenters. The number of fused-ring (bicyclic) bond motifs is 2. The van der Waals surface area contributed by atoms with Crippen molar-refractivity contribution in [3.63, 3.8) is 0 Å². The molecule has 4 heteroatoms. The molecule has 0 aromatic carbocycles. The van der Waals surface area contributed by atoms with E-state index in [1.807, 2.05) is 20.8 Å². The van der Waals surface area contributed by atoms with Crippen LogP contribution in [0, 0.1) is 11.8 Å². The third-order valence-electron chi connectivity index (χ3n) is 4.13. The van der Waals surface area contributed by atoms with Gasteiger partial charge in [-0.25, -0.2) is 4.79 Å². The molecular formula is C14H26N2O2. The smallest absolute Gasteiger partial charge is 0.407 e. The van der Waals surface area contributed by atoms with Crippen molar-refractivity contribution in [2.45, 2.75) is 70.6 Å². The van der Waals surface area contributed by atoms with E-state index < -0.39 is 5.60 Å². The summed E-state index contributed by atoms with van der Waals surface area (Å²) in [5.74, 6) is 1.16. The van der Waals surface area contributed by atoms with E-state index in [1.165, 1.54) is 19.3 Å².